The van der Waals surface area contributed by atoms with Gasteiger partial charge in [0.1, 0.15) is 0 Å². The molecule has 0 radical (unpaired) electrons. The second kappa shape index (κ2) is 4.16. The van der Waals surface area contributed by atoms with Gasteiger partial charge in [0.25, 0.3) is 0 Å². The highest BCUT2D eigenvalue weighted by Gasteiger charge is 2.25. The van der Waals surface area contributed by atoms with E-state index in [1.54, 1.807) is 0 Å². The molecule has 1 aromatic carbocycles. The minimum absolute atomic E-state index is 0.323. The Morgan fingerprint density at radius 2 is 2.12 bits per heavy atom. The van der Waals surface area contributed by atoms with Crippen molar-refractivity contribution in [1.29, 1.82) is 0 Å². The van der Waals surface area contributed by atoms with Crippen LogP contribution in [0.25, 0.3) is 0 Å². The van der Waals surface area contributed by atoms with Crippen LogP contribution in [0.15, 0.2) is 23.2 Å². The van der Waals surface area contributed by atoms with Gasteiger partial charge < -0.3 is 10.6 Å². The maximum Gasteiger partial charge on any atom is 0.191 e. The Kier molecular flexibility index (Phi) is 2.86. The molecule has 1 atom stereocenters. The number of rotatable bonds is 2. The van der Waals surface area contributed by atoms with Crippen LogP contribution in [0.5, 0.6) is 0 Å². The fourth-order valence-corrected chi connectivity index (χ4v) is 2.17. The van der Waals surface area contributed by atoms with E-state index in [-0.39, 0.29) is 0 Å². The van der Waals surface area contributed by atoms with Gasteiger partial charge in [0.05, 0.1) is 12.6 Å². The lowest BCUT2D eigenvalue weighted by atomic mass is 10.0. The number of guanidine groups is 1. The maximum absolute atomic E-state index is 5.86. The Morgan fingerprint density at radius 3 is 2.75 bits per heavy atom. The van der Waals surface area contributed by atoms with E-state index in [0.717, 1.165) is 13.1 Å². The first kappa shape index (κ1) is 11.0. The molecule has 0 spiro atoms. The highest BCUT2D eigenvalue weighted by atomic mass is 15.3. The van der Waals surface area contributed by atoms with Crippen LogP contribution in [0.3, 0.4) is 0 Å². The summed E-state index contributed by atoms with van der Waals surface area (Å²) >= 11 is 0. The quantitative estimate of drug-likeness (QED) is 0.823. The van der Waals surface area contributed by atoms with Gasteiger partial charge in [-0.15, -0.1) is 0 Å². The largest absolute Gasteiger partial charge is 0.370 e. The van der Waals surface area contributed by atoms with Crippen molar-refractivity contribution in [2.75, 3.05) is 13.1 Å². The molecule has 2 N–H and O–H groups in total. The van der Waals surface area contributed by atoms with Crippen LogP contribution in [0, 0.1) is 13.8 Å². The van der Waals surface area contributed by atoms with Crippen LogP contribution in [-0.4, -0.2) is 23.9 Å². The zero-order chi connectivity index (χ0) is 11.7. The highest BCUT2D eigenvalue weighted by molar-refractivity contribution is 5.80. The number of nitrogens with two attached hydrogens (primary N) is 1. The van der Waals surface area contributed by atoms with Crippen molar-refractivity contribution < 1.29 is 0 Å². The molecule has 0 saturated heterocycles. The van der Waals surface area contributed by atoms with Crippen molar-refractivity contribution in [3.8, 4) is 0 Å². The first-order chi connectivity index (χ1) is 7.63. The normalized spacial score (nSPS) is 20.1. The molecule has 16 heavy (non-hydrogen) atoms. The van der Waals surface area contributed by atoms with Gasteiger partial charge in [-0.2, -0.15) is 0 Å². The topological polar surface area (TPSA) is 41.6 Å². The summed E-state index contributed by atoms with van der Waals surface area (Å²) in [6.07, 6.45) is 0. The molecule has 2 rings (SSSR count). The summed E-state index contributed by atoms with van der Waals surface area (Å²) < 4.78 is 0. The maximum atomic E-state index is 5.86. The van der Waals surface area contributed by atoms with Gasteiger partial charge in [-0.25, -0.2) is 0 Å². The van der Waals surface area contributed by atoms with E-state index in [1.165, 1.54) is 16.7 Å². The molecule has 1 heterocycles. The number of benzene rings is 1. The molecule has 3 heteroatoms. The van der Waals surface area contributed by atoms with Crippen molar-refractivity contribution in [2.24, 2.45) is 10.7 Å². The molecule has 1 unspecified atom stereocenters. The van der Waals surface area contributed by atoms with E-state index in [2.05, 4.69) is 48.9 Å². The van der Waals surface area contributed by atoms with Crippen molar-refractivity contribution in [2.45, 2.75) is 26.8 Å². The third-order valence-corrected chi connectivity index (χ3v) is 3.35. The summed E-state index contributed by atoms with van der Waals surface area (Å²) in [7, 11) is 0. The van der Waals surface area contributed by atoms with Crippen LogP contribution in [0.2, 0.25) is 0 Å². The van der Waals surface area contributed by atoms with Gasteiger partial charge >= 0.3 is 0 Å². The molecule has 0 amide bonds. The Balaban J connectivity index is 2.28. The lowest BCUT2D eigenvalue weighted by Crippen LogP contribution is -2.35. The van der Waals surface area contributed by atoms with Crippen LogP contribution >= 0.6 is 0 Å². The lowest BCUT2D eigenvalue weighted by Gasteiger charge is -2.25. The fourth-order valence-electron chi connectivity index (χ4n) is 2.17. The first-order valence-corrected chi connectivity index (χ1v) is 5.77. The minimum Gasteiger partial charge on any atom is -0.370 e. The van der Waals surface area contributed by atoms with E-state index < -0.39 is 0 Å². The molecule has 3 nitrogen and oxygen atoms in total. The lowest BCUT2D eigenvalue weighted by molar-refractivity contribution is 0.364. The van der Waals surface area contributed by atoms with Crippen molar-refractivity contribution >= 4 is 5.96 Å². The Bertz CT molecular complexity index is 423. The second-order valence-electron chi connectivity index (χ2n) is 4.34. The molecule has 1 aromatic rings. The van der Waals surface area contributed by atoms with Crippen molar-refractivity contribution in [3.63, 3.8) is 0 Å². The summed E-state index contributed by atoms with van der Waals surface area (Å²) in [6, 6.07) is 6.93. The van der Waals surface area contributed by atoms with Gasteiger partial charge in [0.2, 0.25) is 0 Å². The van der Waals surface area contributed by atoms with Crippen molar-refractivity contribution in [3.05, 3.63) is 34.9 Å². The summed E-state index contributed by atoms with van der Waals surface area (Å²) in [4.78, 5) is 6.48. The average Bonchev–Trinajstić information content (AvgIpc) is 2.63. The SMILES string of the molecule is CCN1C(N)=NCC1c1ccc(C)c(C)c1. The molecule has 0 bridgehead atoms. The van der Waals surface area contributed by atoms with E-state index in [0.29, 0.717) is 12.0 Å². The van der Waals surface area contributed by atoms with Crippen LogP contribution < -0.4 is 5.73 Å². The van der Waals surface area contributed by atoms with Crippen LogP contribution in [0.1, 0.15) is 29.7 Å². The minimum atomic E-state index is 0.323. The molecular weight excluding hydrogens is 198 g/mol. The standard InChI is InChI=1S/C13H19N3/c1-4-16-12(8-15-13(16)14)11-6-5-9(2)10(3)7-11/h5-7,12H,4,8H2,1-3H3,(H2,14,15). The molecule has 0 aromatic heterocycles. The van der Waals surface area contributed by atoms with Crippen molar-refractivity contribution in [1.82, 2.24) is 4.90 Å². The fraction of sp³-hybridized carbons (Fsp3) is 0.462. The monoisotopic (exact) mass is 217 g/mol. The first-order valence-electron chi connectivity index (χ1n) is 5.77. The molecule has 86 valence electrons. The summed E-state index contributed by atoms with van der Waals surface area (Å²) in [6.45, 7) is 8.08. The molecule has 1 aliphatic heterocycles. The number of hydrogen-bond acceptors (Lipinski definition) is 3. The second-order valence-corrected chi connectivity index (χ2v) is 4.34. The van der Waals surface area contributed by atoms with Gasteiger partial charge in [-0.1, -0.05) is 18.2 Å². The molecule has 0 aliphatic carbocycles. The highest BCUT2D eigenvalue weighted by Crippen LogP contribution is 2.26. The third-order valence-electron chi connectivity index (χ3n) is 3.35. The van der Waals surface area contributed by atoms with E-state index >= 15 is 0 Å². The number of likely N-dealkylation sites (N-methyl/N-ethyl adjacent to an activating group) is 1. The van der Waals surface area contributed by atoms with Crippen LogP contribution in [0.4, 0.5) is 0 Å². The van der Waals surface area contributed by atoms with Gasteiger partial charge in [0.15, 0.2) is 5.96 Å². The molecule has 1 aliphatic rings. The average molecular weight is 217 g/mol. The Morgan fingerprint density at radius 1 is 1.38 bits per heavy atom. The predicted octanol–water partition coefficient (Wildman–Crippen LogP) is 1.99. The van der Waals surface area contributed by atoms with Gasteiger partial charge in [-0.3, -0.25) is 4.99 Å². The zero-order valence-electron chi connectivity index (χ0n) is 10.2. The molecule has 0 fully saturated rings. The van der Waals surface area contributed by atoms with Gasteiger partial charge in [0, 0.05) is 6.54 Å². The summed E-state index contributed by atoms with van der Waals surface area (Å²) in [5.41, 5.74) is 9.84. The van der Waals surface area contributed by atoms with Gasteiger partial charge in [-0.05, 0) is 37.5 Å². The Hall–Kier alpha value is -1.51. The van der Waals surface area contributed by atoms with E-state index in [9.17, 15) is 0 Å². The van der Waals surface area contributed by atoms with E-state index in [4.69, 9.17) is 5.73 Å². The molecular formula is C13H19N3. The predicted molar refractivity (Wildman–Crippen MR) is 67.5 cm³/mol. The summed E-state index contributed by atoms with van der Waals surface area (Å²) in [5, 5.41) is 0. The third kappa shape index (κ3) is 1.77. The summed E-state index contributed by atoms with van der Waals surface area (Å²) in [5.74, 6) is 0.672. The zero-order valence-corrected chi connectivity index (χ0v) is 10.2. The Labute approximate surface area is 97.0 Å². The smallest absolute Gasteiger partial charge is 0.191 e. The number of aliphatic imine (C=N–C) groups is 1. The number of hydrogen-bond donors (Lipinski definition) is 1. The molecule has 0 saturated carbocycles. The van der Waals surface area contributed by atoms with Crippen LogP contribution in [-0.2, 0) is 0 Å². The number of aryl methyl sites for hydroxylation is 2. The van der Waals surface area contributed by atoms with E-state index in [1.807, 2.05) is 0 Å². The number of nitrogens with zero attached hydrogens (tertiary/aromatic N) is 2.